The normalized spacial score (nSPS) is 18.2. The van der Waals surface area contributed by atoms with Crippen LogP contribution in [0.4, 0.5) is 0 Å². The second-order valence-corrected chi connectivity index (χ2v) is 5.24. The predicted molar refractivity (Wildman–Crippen MR) is 63.0 cm³/mol. The Balaban J connectivity index is 1.86. The van der Waals surface area contributed by atoms with Crippen LogP contribution in [0.5, 0.6) is 0 Å². The fourth-order valence-electron chi connectivity index (χ4n) is 1.90. The number of nitrogens with zero attached hydrogens (tertiary/aromatic N) is 1. The van der Waals surface area contributed by atoms with Crippen molar-refractivity contribution in [2.75, 3.05) is 18.1 Å². The van der Waals surface area contributed by atoms with Crippen molar-refractivity contribution in [2.24, 2.45) is 11.7 Å². The van der Waals surface area contributed by atoms with Gasteiger partial charge in [0.25, 0.3) is 0 Å². The molecule has 2 rings (SSSR count). The van der Waals surface area contributed by atoms with Crippen LogP contribution in [0, 0.1) is 5.92 Å². The molecule has 0 spiro atoms. The van der Waals surface area contributed by atoms with Gasteiger partial charge in [-0.25, -0.2) is 4.98 Å². The SMILES string of the molecule is NCCc1cnc(CC2CCSCC2)o1. The molecule has 2 heterocycles. The van der Waals surface area contributed by atoms with E-state index in [-0.39, 0.29) is 0 Å². The van der Waals surface area contributed by atoms with Gasteiger partial charge >= 0.3 is 0 Å². The Hall–Kier alpha value is -0.480. The van der Waals surface area contributed by atoms with Crippen molar-refractivity contribution in [3.8, 4) is 0 Å². The standard InChI is InChI=1S/C11H18N2OS/c12-4-1-10-8-13-11(14-10)7-9-2-5-15-6-3-9/h8-9H,1-7,12H2. The monoisotopic (exact) mass is 226 g/mol. The summed E-state index contributed by atoms with van der Waals surface area (Å²) in [6, 6.07) is 0. The van der Waals surface area contributed by atoms with E-state index >= 15 is 0 Å². The largest absolute Gasteiger partial charge is 0.446 e. The van der Waals surface area contributed by atoms with Crippen LogP contribution < -0.4 is 5.73 Å². The molecule has 0 aromatic carbocycles. The van der Waals surface area contributed by atoms with Gasteiger partial charge < -0.3 is 10.2 Å². The Morgan fingerprint density at radius 1 is 1.47 bits per heavy atom. The third kappa shape index (κ3) is 3.24. The highest BCUT2D eigenvalue weighted by molar-refractivity contribution is 7.99. The molecule has 4 heteroatoms. The lowest BCUT2D eigenvalue weighted by Gasteiger charge is -2.19. The average molecular weight is 226 g/mol. The van der Waals surface area contributed by atoms with Gasteiger partial charge in [0.15, 0.2) is 5.89 Å². The van der Waals surface area contributed by atoms with E-state index in [1.807, 2.05) is 6.20 Å². The molecular weight excluding hydrogens is 208 g/mol. The summed E-state index contributed by atoms with van der Waals surface area (Å²) in [4.78, 5) is 4.30. The summed E-state index contributed by atoms with van der Waals surface area (Å²) in [7, 11) is 0. The van der Waals surface area contributed by atoms with Gasteiger partial charge in [-0.2, -0.15) is 11.8 Å². The van der Waals surface area contributed by atoms with Crippen molar-refractivity contribution in [1.82, 2.24) is 4.98 Å². The molecule has 1 aromatic heterocycles. The number of thioether (sulfide) groups is 1. The van der Waals surface area contributed by atoms with Crippen LogP contribution in [-0.4, -0.2) is 23.0 Å². The van der Waals surface area contributed by atoms with Gasteiger partial charge in [0, 0.05) is 12.8 Å². The molecule has 0 atom stereocenters. The highest BCUT2D eigenvalue weighted by Gasteiger charge is 2.16. The van der Waals surface area contributed by atoms with Crippen LogP contribution in [0.15, 0.2) is 10.6 Å². The predicted octanol–water partition coefficient (Wildman–Crippen LogP) is 1.86. The molecule has 2 N–H and O–H groups in total. The zero-order valence-electron chi connectivity index (χ0n) is 8.95. The third-order valence-electron chi connectivity index (χ3n) is 2.80. The van der Waals surface area contributed by atoms with Crippen molar-refractivity contribution >= 4 is 11.8 Å². The molecule has 84 valence electrons. The summed E-state index contributed by atoms with van der Waals surface area (Å²) in [5.74, 6) is 5.19. The Kier molecular flexibility index (Phi) is 4.09. The molecule has 3 nitrogen and oxygen atoms in total. The van der Waals surface area contributed by atoms with Crippen molar-refractivity contribution in [3.05, 3.63) is 17.8 Å². The van der Waals surface area contributed by atoms with Crippen LogP contribution in [0.25, 0.3) is 0 Å². The third-order valence-corrected chi connectivity index (χ3v) is 3.85. The smallest absolute Gasteiger partial charge is 0.194 e. The van der Waals surface area contributed by atoms with Crippen LogP contribution in [0.1, 0.15) is 24.5 Å². The molecule has 15 heavy (non-hydrogen) atoms. The molecule has 1 aliphatic rings. The van der Waals surface area contributed by atoms with Crippen molar-refractivity contribution in [1.29, 1.82) is 0 Å². The summed E-state index contributed by atoms with van der Waals surface area (Å²) in [5.41, 5.74) is 5.46. The maximum atomic E-state index is 5.63. The Labute approximate surface area is 94.8 Å². The Morgan fingerprint density at radius 2 is 2.27 bits per heavy atom. The van der Waals surface area contributed by atoms with Crippen molar-refractivity contribution in [3.63, 3.8) is 0 Å². The first kappa shape index (κ1) is 11.0. The van der Waals surface area contributed by atoms with E-state index in [2.05, 4.69) is 16.7 Å². The van der Waals surface area contributed by atoms with E-state index in [9.17, 15) is 0 Å². The quantitative estimate of drug-likeness (QED) is 0.851. The highest BCUT2D eigenvalue weighted by atomic mass is 32.2. The summed E-state index contributed by atoms with van der Waals surface area (Å²) in [6.07, 6.45) is 6.23. The minimum Gasteiger partial charge on any atom is -0.446 e. The first-order valence-corrected chi connectivity index (χ1v) is 6.75. The molecule has 1 fully saturated rings. The molecule has 0 amide bonds. The Bertz CT molecular complexity index is 295. The average Bonchev–Trinajstić information content (AvgIpc) is 2.68. The number of oxazole rings is 1. The molecule has 1 saturated heterocycles. The van der Waals surface area contributed by atoms with Crippen LogP contribution in [0.3, 0.4) is 0 Å². The number of aromatic nitrogens is 1. The lowest BCUT2D eigenvalue weighted by atomic mass is 9.99. The lowest BCUT2D eigenvalue weighted by molar-refractivity contribution is 0.392. The minimum atomic E-state index is 0.634. The molecular formula is C11H18N2OS. The lowest BCUT2D eigenvalue weighted by Crippen LogP contribution is -2.12. The van der Waals surface area contributed by atoms with Gasteiger partial charge in [0.1, 0.15) is 5.76 Å². The molecule has 1 aromatic rings. The number of rotatable bonds is 4. The van der Waals surface area contributed by atoms with E-state index in [0.29, 0.717) is 6.54 Å². The topological polar surface area (TPSA) is 52.0 Å². The maximum absolute atomic E-state index is 5.63. The fraction of sp³-hybridized carbons (Fsp3) is 0.727. The van der Waals surface area contributed by atoms with Crippen molar-refractivity contribution < 1.29 is 4.42 Å². The molecule has 0 aliphatic carbocycles. The molecule has 1 aliphatic heterocycles. The van der Waals surface area contributed by atoms with Gasteiger partial charge in [-0.05, 0) is 36.8 Å². The van der Waals surface area contributed by atoms with E-state index in [1.165, 1.54) is 24.3 Å². The highest BCUT2D eigenvalue weighted by Crippen LogP contribution is 2.25. The van der Waals surface area contributed by atoms with Gasteiger partial charge in [-0.15, -0.1) is 0 Å². The number of hydrogen-bond acceptors (Lipinski definition) is 4. The first-order valence-electron chi connectivity index (χ1n) is 5.60. The minimum absolute atomic E-state index is 0.634. The summed E-state index contributed by atoms with van der Waals surface area (Å²) < 4.78 is 5.63. The molecule has 0 bridgehead atoms. The second-order valence-electron chi connectivity index (χ2n) is 4.02. The number of nitrogens with two attached hydrogens (primary N) is 1. The molecule has 0 radical (unpaired) electrons. The summed E-state index contributed by atoms with van der Waals surface area (Å²) in [5, 5.41) is 0. The molecule has 0 saturated carbocycles. The van der Waals surface area contributed by atoms with Crippen LogP contribution >= 0.6 is 11.8 Å². The summed E-state index contributed by atoms with van der Waals surface area (Å²) in [6.45, 7) is 0.634. The van der Waals surface area contributed by atoms with Crippen LogP contribution in [-0.2, 0) is 12.8 Å². The van der Waals surface area contributed by atoms with Gasteiger partial charge in [-0.3, -0.25) is 0 Å². The van der Waals surface area contributed by atoms with E-state index < -0.39 is 0 Å². The van der Waals surface area contributed by atoms with E-state index in [1.54, 1.807) is 0 Å². The Morgan fingerprint density at radius 3 is 3.00 bits per heavy atom. The van der Waals surface area contributed by atoms with Gasteiger partial charge in [0.2, 0.25) is 0 Å². The second kappa shape index (κ2) is 5.56. The fourth-order valence-corrected chi connectivity index (χ4v) is 3.10. The number of hydrogen-bond donors (Lipinski definition) is 1. The van der Waals surface area contributed by atoms with Gasteiger partial charge in [0.05, 0.1) is 6.20 Å². The van der Waals surface area contributed by atoms with Crippen molar-refractivity contribution in [2.45, 2.75) is 25.7 Å². The van der Waals surface area contributed by atoms with E-state index in [0.717, 1.165) is 30.4 Å². The first-order chi connectivity index (χ1) is 7.38. The van der Waals surface area contributed by atoms with Gasteiger partial charge in [-0.1, -0.05) is 0 Å². The van der Waals surface area contributed by atoms with Crippen LogP contribution in [0.2, 0.25) is 0 Å². The zero-order valence-corrected chi connectivity index (χ0v) is 9.76. The molecule has 0 unspecified atom stereocenters. The summed E-state index contributed by atoms with van der Waals surface area (Å²) >= 11 is 2.06. The maximum Gasteiger partial charge on any atom is 0.194 e. The van der Waals surface area contributed by atoms with E-state index in [4.69, 9.17) is 10.2 Å². The zero-order chi connectivity index (χ0) is 10.5.